The van der Waals surface area contributed by atoms with Crippen molar-refractivity contribution in [2.75, 3.05) is 6.54 Å². The van der Waals surface area contributed by atoms with Gasteiger partial charge in [0, 0.05) is 11.0 Å². The molecule has 0 saturated carbocycles. The van der Waals surface area contributed by atoms with E-state index in [-0.39, 0.29) is 11.8 Å². The lowest BCUT2D eigenvalue weighted by molar-refractivity contribution is 0.0651. The van der Waals surface area contributed by atoms with Crippen molar-refractivity contribution in [3.8, 4) is 0 Å². The van der Waals surface area contributed by atoms with Crippen LogP contribution in [-0.2, 0) is 0 Å². The first-order valence-electron chi connectivity index (χ1n) is 9.31. The van der Waals surface area contributed by atoms with Crippen LogP contribution in [0.2, 0.25) is 0 Å². The Morgan fingerprint density at radius 2 is 1.42 bits per heavy atom. The van der Waals surface area contributed by atoms with Gasteiger partial charge in [-0.3, -0.25) is 14.5 Å². The molecule has 1 aliphatic rings. The van der Waals surface area contributed by atoms with Crippen molar-refractivity contribution in [3.63, 3.8) is 0 Å². The Hall–Kier alpha value is -1.16. The van der Waals surface area contributed by atoms with E-state index in [2.05, 4.69) is 22.9 Å². The first kappa shape index (κ1) is 19.2. The summed E-state index contributed by atoms with van der Waals surface area (Å²) in [6, 6.07) is 5.35. The number of imide groups is 1. The van der Waals surface area contributed by atoms with Crippen LogP contribution >= 0.6 is 15.9 Å². The van der Waals surface area contributed by atoms with Crippen molar-refractivity contribution < 1.29 is 9.59 Å². The Bertz CT molecular complexity index is 571. The summed E-state index contributed by atoms with van der Waals surface area (Å²) in [5, 5.41) is 0. The number of benzene rings is 1. The van der Waals surface area contributed by atoms with E-state index in [1.165, 1.54) is 56.3 Å². The number of carbonyl (C=O) groups is 2. The van der Waals surface area contributed by atoms with Gasteiger partial charge < -0.3 is 0 Å². The zero-order chi connectivity index (χ0) is 17.4. The molecule has 24 heavy (non-hydrogen) atoms. The number of unbranched alkanes of at least 4 members (excludes halogenated alkanes) is 9. The maximum absolute atomic E-state index is 12.4. The van der Waals surface area contributed by atoms with Crippen molar-refractivity contribution in [1.29, 1.82) is 0 Å². The van der Waals surface area contributed by atoms with E-state index >= 15 is 0 Å². The maximum Gasteiger partial charge on any atom is 0.262 e. The van der Waals surface area contributed by atoms with Gasteiger partial charge >= 0.3 is 0 Å². The summed E-state index contributed by atoms with van der Waals surface area (Å²) in [5.74, 6) is -0.300. The van der Waals surface area contributed by atoms with Crippen LogP contribution in [0.1, 0.15) is 91.8 Å². The molecule has 132 valence electrons. The fraction of sp³-hybridized carbons (Fsp3) is 0.600. The molecule has 0 atom stereocenters. The summed E-state index contributed by atoms with van der Waals surface area (Å²) < 4.78 is 0.712. The third kappa shape index (κ3) is 4.92. The highest BCUT2D eigenvalue weighted by Crippen LogP contribution is 2.29. The van der Waals surface area contributed by atoms with Gasteiger partial charge in [0.1, 0.15) is 0 Å². The summed E-state index contributed by atoms with van der Waals surface area (Å²) in [6.45, 7) is 2.78. The molecule has 0 aliphatic carbocycles. The van der Waals surface area contributed by atoms with Gasteiger partial charge in [-0.2, -0.15) is 0 Å². The fourth-order valence-corrected chi connectivity index (χ4v) is 3.79. The van der Waals surface area contributed by atoms with E-state index in [1.54, 1.807) is 12.1 Å². The Morgan fingerprint density at radius 1 is 0.833 bits per heavy atom. The van der Waals surface area contributed by atoms with Crippen LogP contribution in [0, 0.1) is 0 Å². The molecule has 2 rings (SSSR count). The highest BCUT2D eigenvalue weighted by atomic mass is 79.9. The van der Waals surface area contributed by atoms with Gasteiger partial charge in [0.05, 0.1) is 11.1 Å². The molecular weight excluding hydrogens is 366 g/mol. The molecule has 1 aromatic rings. The maximum atomic E-state index is 12.4. The van der Waals surface area contributed by atoms with Gasteiger partial charge in [-0.25, -0.2) is 0 Å². The molecule has 4 heteroatoms. The molecule has 1 aromatic carbocycles. The third-order valence-electron chi connectivity index (χ3n) is 4.68. The van der Waals surface area contributed by atoms with Crippen LogP contribution in [-0.4, -0.2) is 23.3 Å². The second-order valence-electron chi connectivity index (χ2n) is 6.61. The SMILES string of the molecule is CCCCCCCCCCCCN1C(=O)c2cccc(Br)c2C1=O. The number of nitrogens with zero attached hydrogens (tertiary/aromatic N) is 1. The predicted molar refractivity (Wildman–Crippen MR) is 101 cm³/mol. The zero-order valence-corrected chi connectivity index (χ0v) is 16.2. The van der Waals surface area contributed by atoms with E-state index in [0.717, 1.165) is 12.8 Å². The van der Waals surface area contributed by atoms with Crippen molar-refractivity contribution in [2.24, 2.45) is 0 Å². The Kier molecular flexibility index (Phi) is 7.97. The molecule has 0 radical (unpaired) electrons. The first-order chi connectivity index (χ1) is 11.7. The largest absolute Gasteiger partial charge is 0.274 e. The minimum Gasteiger partial charge on any atom is -0.274 e. The number of halogens is 1. The zero-order valence-electron chi connectivity index (χ0n) is 14.7. The Morgan fingerprint density at radius 3 is 2.00 bits per heavy atom. The van der Waals surface area contributed by atoms with Gasteiger partial charge in [0.15, 0.2) is 0 Å². The number of hydrogen-bond donors (Lipinski definition) is 0. The van der Waals surface area contributed by atoms with Gasteiger partial charge in [0.25, 0.3) is 11.8 Å². The second kappa shape index (κ2) is 9.97. The molecule has 0 spiro atoms. The van der Waals surface area contributed by atoms with Gasteiger partial charge in [-0.1, -0.05) is 70.8 Å². The number of hydrogen-bond acceptors (Lipinski definition) is 2. The van der Waals surface area contributed by atoms with E-state index in [0.29, 0.717) is 22.1 Å². The van der Waals surface area contributed by atoms with Crippen LogP contribution < -0.4 is 0 Å². The molecule has 2 amide bonds. The minimum absolute atomic E-state index is 0.146. The summed E-state index contributed by atoms with van der Waals surface area (Å²) in [7, 11) is 0. The third-order valence-corrected chi connectivity index (χ3v) is 5.34. The standard InChI is InChI=1S/C20H28BrNO2/c1-2-3-4-5-6-7-8-9-10-11-15-22-19(23)16-13-12-14-17(21)18(16)20(22)24/h12-14H,2-11,15H2,1H3. The lowest BCUT2D eigenvalue weighted by Gasteiger charge is -2.13. The number of carbonyl (C=O) groups excluding carboxylic acids is 2. The van der Waals surface area contributed by atoms with Crippen LogP contribution in [0.3, 0.4) is 0 Å². The van der Waals surface area contributed by atoms with E-state index < -0.39 is 0 Å². The number of amides is 2. The molecule has 3 nitrogen and oxygen atoms in total. The molecule has 0 saturated heterocycles. The van der Waals surface area contributed by atoms with Crippen LogP contribution in [0.5, 0.6) is 0 Å². The average molecular weight is 394 g/mol. The van der Waals surface area contributed by atoms with Crippen molar-refractivity contribution in [1.82, 2.24) is 4.90 Å². The molecule has 1 aliphatic heterocycles. The molecule has 1 heterocycles. The normalized spacial score (nSPS) is 13.7. The van der Waals surface area contributed by atoms with Crippen molar-refractivity contribution in [2.45, 2.75) is 71.1 Å². The Labute approximate surface area is 153 Å². The van der Waals surface area contributed by atoms with Gasteiger partial charge in [0.2, 0.25) is 0 Å². The summed E-state index contributed by atoms with van der Waals surface area (Å²) >= 11 is 3.38. The minimum atomic E-state index is -0.154. The predicted octanol–water partition coefficient (Wildman–Crippen LogP) is 5.97. The highest BCUT2D eigenvalue weighted by molar-refractivity contribution is 9.10. The molecule has 0 fully saturated rings. The average Bonchev–Trinajstić information content (AvgIpc) is 2.82. The van der Waals surface area contributed by atoms with Crippen molar-refractivity contribution in [3.05, 3.63) is 33.8 Å². The quantitative estimate of drug-likeness (QED) is 0.343. The van der Waals surface area contributed by atoms with Crippen LogP contribution in [0.15, 0.2) is 22.7 Å². The van der Waals surface area contributed by atoms with Crippen molar-refractivity contribution >= 4 is 27.7 Å². The number of fused-ring (bicyclic) bond motifs is 1. The molecule has 0 aromatic heterocycles. The van der Waals surface area contributed by atoms with E-state index in [4.69, 9.17) is 0 Å². The number of rotatable bonds is 11. The lowest BCUT2D eigenvalue weighted by Crippen LogP contribution is -2.30. The van der Waals surface area contributed by atoms with Gasteiger partial charge in [-0.05, 0) is 34.5 Å². The summed E-state index contributed by atoms with van der Waals surface area (Å²) in [4.78, 5) is 26.1. The smallest absolute Gasteiger partial charge is 0.262 e. The first-order valence-corrected chi connectivity index (χ1v) is 10.1. The lowest BCUT2D eigenvalue weighted by atomic mass is 10.1. The van der Waals surface area contributed by atoms with E-state index in [1.807, 2.05) is 6.07 Å². The van der Waals surface area contributed by atoms with Gasteiger partial charge in [-0.15, -0.1) is 0 Å². The molecule has 0 unspecified atom stereocenters. The monoisotopic (exact) mass is 393 g/mol. The molecule has 0 N–H and O–H groups in total. The summed E-state index contributed by atoms with van der Waals surface area (Å²) in [6.07, 6.45) is 12.5. The second-order valence-corrected chi connectivity index (χ2v) is 7.46. The molecule has 0 bridgehead atoms. The Balaban J connectivity index is 1.63. The fourth-order valence-electron chi connectivity index (χ4n) is 3.25. The van der Waals surface area contributed by atoms with Crippen LogP contribution in [0.4, 0.5) is 0 Å². The van der Waals surface area contributed by atoms with Crippen LogP contribution in [0.25, 0.3) is 0 Å². The molecular formula is C20H28BrNO2. The summed E-state index contributed by atoms with van der Waals surface area (Å²) in [5.41, 5.74) is 1.05. The highest BCUT2D eigenvalue weighted by Gasteiger charge is 2.36. The van der Waals surface area contributed by atoms with E-state index in [9.17, 15) is 9.59 Å². The topological polar surface area (TPSA) is 37.4 Å².